The van der Waals surface area contributed by atoms with Gasteiger partial charge < -0.3 is 4.90 Å². The van der Waals surface area contributed by atoms with Crippen LogP contribution < -0.4 is 4.90 Å². The maximum Gasteiger partial charge on any atom is 0.270 e. The van der Waals surface area contributed by atoms with E-state index in [1.165, 1.54) is 45.9 Å². The number of anilines is 1. The standard InChI is InChI=1S/C24H26N4O3S2.ClH/c1-5-26(6-2)9-10-27(24-25-19-11-15(3)16(4)12-21(19)33-24)23(29)22-14-17-13-18(28(30)31)7-8-20(17)32-22;/h7-8,11-14H,5-6,9-10H2,1-4H3;1H. The van der Waals surface area contributed by atoms with E-state index >= 15 is 0 Å². The molecule has 2 aromatic carbocycles. The number of hydrogen-bond acceptors (Lipinski definition) is 7. The summed E-state index contributed by atoms with van der Waals surface area (Å²) in [6.45, 7) is 11.4. The number of aryl methyl sites for hydroxylation is 2. The molecule has 0 aliphatic carbocycles. The molecule has 2 aromatic heterocycles. The Morgan fingerprint density at radius 3 is 2.38 bits per heavy atom. The van der Waals surface area contributed by atoms with Crippen molar-refractivity contribution in [2.75, 3.05) is 31.1 Å². The van der Waals surface area contributed by atoms with Gasteiger partial charge in [0.05, 0.1) is 20.0 Å². The lowest BCUT2D eigenvalue weighted by Gasteiger charge is -2.24. The largest absolute Gasteiger partial charge is 0.302 e. The molecule has 0 saturated carbocycles. The Hall–Kier alpha value is -2.59. The highest BCUT2D eigenvalue weighted by Crippen LogP contribution is 2.34. The van der Waals surface area contributed by atoms with Crippen LogP contribution in [-0.2, 0) is 0 Å². The molecule has 0 unspecified atom stereocenters. The maximum atomic E-state index is 13.7. The normalized spacial score (nSPS) is 11.2. The van der Waals surface area contributed by atoms with Crippen molar-refractivity contribution in [1.82, 2.24) is 9.88 Å². The van der Waals surface area contributed by atoms with E-state index in [1.54, 1.807) is 17.0 Å². The van der Waals surface area contributed by atoms with Crippen LogP contribution in [0.1, 0.15) is 34.6 Å². The number of amides is 1. The Bertz CT molecular complexity index is 1310. The number of nitrogens with zero attached hydrogens (tertiary/aromatic N) is 4. The Morgan fingerprint density at radius 2 is 1.71 bits per heavy atom. The van der Waals surface area contributed by atoms with E-state index < -0.39 is 4.92 Å². The number of likely N-dealkylation sites (N-methyl/N-ethyl adjacent to an activating group) is 1. The molecule has 1 amide bonds. The second kappa shape index (κ2) is 10.8. The van der Waals surface area contributed by atoms with Crippen LogP contribution in [0.15, 0.2) is 36.4 Å². The van der Waals surface area contributed by atoms with Crippen LogP contribution in [0.2, 0.25) is 0 Å². The van der Waals surface area contributed by atoms with Gasteiger partial charge in [0.1, 0.15) is 0 Å². The summed E-state index contributed by atoms with van der Waals surface area (Å²) in [4.78, 5) is 33.8. The van der Waals surface area contributed by atoms with Gasteiger partial charge in [-0.25, -0.2) is 4.98 Å². The summed E-state index contributed by atoms with van der Waals surface area (Å²) in [5.41, 5.74) is 3.29. The predicted octanol–water partition coefficient (Wildman–Crippen LogP) is 6.45. The molecule has 0 atom stereocenters. The first-order valence-electron chi connectivity index (χ1n) is 10.9. The quantitative estimate of drug-likeness (QED) is 0.198. The average molecular weight is 519 g/mol. The number of thiophene rings is 1. The number of nitro groups is 1. The van der Waals surface area contributed by atoms with Crippen molar-refractivity contribution in [1.29, 1.82) is 0 Å². The van der Waals surface area contributed by atoms with Crippen LogP contribution in [0.5, 0.6) is 0 Å². The van der Waals surface area contributed by atoms with Gasteiger partial charge in [0.25, 0.3) is 11.6 Å². The number of nitro benzene ring substituents is 1. The number of halogens is 1. The van der Waals surface area contributed by atoms with Gasteiger partial charge in [-0.15, -0.1) is 23.7 Å². The number of rotatable bonds is 8. The van der Waals surface area contributed by atoms with Gasteiger partial charge in [-0.05, 0) is 62.3 Å². The third kappa shape index (κ3) is 5.22. The fourth-order valence-electron chi connectivity index (χ4n) is 3.73. The monoisotopic (exact) mass is 518 g/mol. The first kappa shape index (κ1) is 26.0. The van der Waals surface area contributed by atoms with Gasteiger partial charge in [0.2, 0.25) is 0 Å². The van der Waals surface area contributed by atoms with Crippen LogP contribution >= 0.6 is 35.1 Å². The van der Waals surface area contributed by atoms with Crippen LogP contribution in [0.3, 0.4) is 0 Å². The van der Waals surface area contributed by atoms with Crippen molar-refractivity contribution >= 4 is 72.1 Å². The summed E-state index contributed by atoms with van der Waals surface area (Å²) in [6, 6.07) is 10.6. The summed E-state index contributed by atoms with van der Waals surface area (Å²) >= 11 is 2.88. The molecule has 180 valence electrons. The van der Waals surface area contributed by atoms with E-state index in [0.29, 0.717) is 21.9 Å². The molecule has 0 saturated heterocycles. The number of thiazole rings is 1. The topological polar surface area (TPSA) is 79.6 Å². The second-order valence-electron chi connectivity index (χ2n) is 7.97. The molecule has 10 heteroatoms. The predicted molar refractivity (Wildman–Crippen MR) is 144 cm³/mol. The van der Waals surface area contributed by atoms with E-state index in [0.717, 1.165) is 34.6 Å². The van der Waals surface area contributed by atoms with E-state index in [-0.39, 0.29) is 24.0 Å². The number of carbonyl (C=O) groups excluding carboxylic acids is 1. The maximum absolute atomic E-state index is 13.7. The van der Waals surface area contributed by atoms with E-state index in [1.807, 2.05) is 0 Å². The Labute approximate surface area is 212 Å². The zero-order valence-corrected chi connectivity index (χ0v) is 22.0. The van der Waals surface area contributed by atoms with Gasteiger partial charge in [-0.2, -0.15) is 0 Å². The third-order valence-electron chi connectivity index (χ3n) is 5.92. The Morgan fingerprint density at radius 1 is 1.00 bits per heavy atom. The molecule has 0 fully saturated rings. The minimum absolute atomic E-state index is 0. The zero-order valence-electron chi connectivity index (χ0n) is 19.5. The summed E-state index contributed by atoms with van der Waals surface area (Å²) < 4.78 is 1.91. The highest BCUT2D eigenvalue weighted by molar-refractivity contribution is 7.23. The summed E-state index contributed by atoms with van der Waals surface area (Å²) in [6.07, 6.45) is 0. The molecule has 4 aromatic rings. The molecular weight excluding hydrogens is 492 g/mol. The van der Waals surface area contributed by atoms with Crippen molar-refractivity contribution < 1.29 is 9.72 Å². The van der Waals surface area contributed by atoms with E-state index in [9.17, 15) is 14.9 Å². The van der Waals surface area contributed by atoms with Crippen molar-refractivity contribution in [2.24, 2.45) is 0 Å². The molecule has 4 rings (SSSR count). The number of fused-ring (bicyclic) bond motifs is 2. The van der Waals surface area contributed by atoms with E-state index in [2.05, 4.69) is 44.7 Å². The van der Waals surface area contributed by atoms with Crippen molar-refractivity contribution in [3.63, 3.8) is 0 Å². The lowest BCUT2D eigenvalue weighted by Crippen LogP contribution is -2.38. The van der Waals surface area contributed by atoms with Crippen LogP contribution in [0, 0.1) is 24.0 Å². The number of carbonyl (C=O) groups is 1. The van der Waals surface area contributed by atoms with Crippen LogP contribution in [0.4, 0.5) is 10.8 Å². The fraction of sp³-hybridized carbons (Fsp3) is 0.333. The Kier molecular flexibility index (Phi) is 8.25. The van der Waals surface area contributed by atoms with Gasteiger partial charge in [-0.3, -0.25) is 19.8 Å². The van der Waals surface area contributed by atoms with Gasteiger partial charge in [0.15, 0.2) is 5.13 Å². The smallest absolute Gasteiger partial charge is 0.270 e. The molecule has 0 N–H and O–H groups in total. The first-order valence-corrected chi connectivity index (χ1v) is 12.5. The third-order valence-corrected chi connectivity index (χ3v) is 8.07. The molecule has 34 heavy (non-hydrogen) atoms. The zero-order chi connectivity index (χ0) is 23.7. The lowest BCUT2D eigenvalue weighted by molar-refractivity contribution is -0.384. The minimum Gasteiger partial charge on any atom is -0.302 e. The lowest BCUT2D eigenvalue weighted by atomic mass is 10.1. The average Bonchev–Trinajstić information content (AvgIpc) is 3.40. The molecule has 0 spiro atoms. The van der Waals surface area contributed by atoms with Gasteiger partial charge in [-0.1, -0.05) is 25.2 Å². The highest BCUT2D eigenvalue weighted by Gasteiger charge is 2.24. The molecule has 0 radical (unpaired) electrons. The SMILES string of the molecule is CCN(CC)CCN(C(=O)c1cc2cc([N+](=O)[O-])ccc2s1)c1nc2cc(C)c(C)cc2s1.Cl. The number of non-ortho nitro benzene ring substituents is 1. The fourth-order valence-corrected chi connectivity index (χ4v) is 5.79. The van der Waals surface area contributed by atoms with Crippen LogP contribution in [-0.4, -0.2) is 46.9 Å². The molecular formula is C24H27ClN4O3S2. The first-order chi connectivity index (χ1) is 15.8. The van der Waals surface area contributed by atoms with Crippen LogP contribution in [0.25, 0.3) is 20.3 Å². The van der Waals surface area contributed by atoms with Crippen molar-refractivity contribution in [2.45, 2.75) is 27.7 Å². The number of hydrogen-bond donors (Lipinski definition) is 0. The summed E-state index contributed by atoms with van der Waals surface area (Å²) in [5, 5.41) is 12.5. The van der Waals surface area contributed by atoms with Crippen molar-refractivity contribution in [3.8, 4) is 0 Å². The summed E-state index contributed by atoms with van der Waals surface area (Å²) in [7, 11) is 0. The minimum atomic E-state index is -0.417. The second-order valence-corrected chi connectivity index (χ2v) is 10.1. The molecule has 7 nitrogen and oxygen atoms in total. The number of benzene rings is 2. The molecule has 0 aliphatic rings. The van der Waals surface area contributed by atoms with Crippen molar-refractivity contribution in [3.05, 3.63) is 62.5 Å². The van der Waals surface area contributed by atoms with Gasteiger partial charge >= 0.3 is 0 Å². The van der Waals surface area contributed by atoms with Gasteiger partial charge in [0, 0.05) is 35.3 Å². The number of aromatic nitrogens is 1. The van der Waals surface area contributed by atoms with E-state index in [4.69, 9.17) is 4.98 Å². The molecule has 2 heterocycles. The molecule has 0 bridgehead atoms. The highest BCUT2D eigenvalue weighted by atomic mass is 35.5. The summed E-state index contributed by atoms with van der Waals surface area (Å²) in [5.74, 6) is -0.126. The molecule has 0 aliphatic heterocycles. The Balaban J connectivity index is 0.00000324.